The van der Waals surface area contributed by atoms with E-state index in [1.807, 2.05) is 6.07 Å². The van der Waals surface area contributed by atoms with Crippen LogP contribution in [-0.2, 0) is 4.79 Å². The summed E-state index contributed by atoms with van der Waals surface area (Å²) in [5, 5.41) is 20.6. The first kappa shape index (κ1) is 12.1. The minimum atomic E-state index is -0.867. The van der Waals surface area contributed by atoms with E-state index in [0.29, 0.717) is 24.1 Å². The van der Waals surface area contributed by atoms with E-state index in [0.717, 1.165) is 12.8 Å². The number of nitrogens with one attached hydrogen (secondary N) is 1. The first-order valence-electron chi connectivity index (χ1n) is 5.93. The van der Waals surface area contributed by atoms with Gasteiger partial charge in [0.2, 0.25) is 5.91 Å². The maximum Gasteiger partial charge on any atom is 0.244 e. The van der Waals surface area contributed by atoms with Crippen molar-refractivity contribution in [2.24, 2.45) is 5.41 Å². The van der Waals surface area contributed by atoms with Gasteiger partial charge in [-0.05, 0) is 37.1 Å². The third-order valence-corrected chi connectivity index (χ3v) is 3.38. The van der Waals surface area contributed by atoms with Gasteiger partial charge in [-0.15, -0.1) is 0 Å². The summed E-state index contributed by atoms with van der Waals surface area (Å²) in [4.78, 5) is 12.1. The minimum Gasteiger partial charge on any atom is -0.325 e. The Balaban J connectivity index is 2.11. The molecule has 1 aromatic carbocycles. The predicted molar refractivity (Wildman–Crippen MR) is 66.3 cm³/mol. The lowest BCUT2D eigenvalue weighted by Crippen LogP contribution is -2.32. The van der Waals surface area contributed by atoms with E-state index in [2.05, 4.69) is 11.4 Å². The van der Waals surface area contributed by atoms with Crippen molar-refractivity contribution in [3.63, 3.8) is 0 Å². The average Bonchev–Trinajstić information content (AvgIpc) is 2.89. The fraction of sp³-hybridized carbons (Fsp3) is 0.357. The zero-order valence-electron chi connectivity index (χ0n) is 9.94. The molecule has 0 radical (unpaired) electrons. The molecule has 1 aliphatic carbocycles. The summed E-state index contributed by atoms with van der Waals surface area (Å²) in [6.45, 7) is 0. The molecule has 1 amide bonds. The van der Waals surface area contributed by atoms with E-state index >= 15 is 0 Å². The van der Waals surface area contributed by atoms with Gasteiger partial charge < -0.3 is 5.32 Å². The molecule has 90 valence electrons. The first-order chi connectivity index (χ1) is 8.70. The first-order valence-corrected chi connectivity index (χ1v) is 5.93. The molecule has 1 N–H and O–H groups in total. The molecule has 1 saturated carbocycles. The zero-order chi connectivity index (χ0) is 13.0. The lowest BCUT2D eigenvalue weighted by molar-refractivity contribution is -0.122. The van der Waals surface area contributed by atoms with Crippen LogP contribution in [0.3, 0.4) is 0 Å². The van der Waals surface area contributed by atoms with Crippen molar-refractivity contribution in [3.05, 3.63) is 29.8 Å². The van der Waals surface area contributed by atoms with E-state index < -0.39 is 5.41 Å². The summed E-state index contributed by atoms with van der Waals surface area (Å²) in [6, 6.07) is 10.8. The predicted octanol–water partition coefficient (Wildman–Crippen LogP) is 2.58. The number of nitriles is 2. The number of benzene rings is 1. The molecule has 0 atom stereocenters. The number of anilines is 1. The number of carbonyl (C=O) groups is 1. The van der Waals surface area contributed by atoms with Crippen LogP contribution in [0, 0.1) is 28.1 Å². The van der Waals surface area contributed by atoms with Crippen LogP contribution in [0.1, 0.15) is 31.2 Å². The van der Waals surface area contributed by atoms with E-state index in [1.165, 1.54) is 0 Å². The largest absolute Gasteiger partial charge is 0.325 e. The van der Waals surface area contributed by atoms with Crippen molar-refractivity contribution in [2.45, 2.75) is 25.7 Å². The van der Waals surface area contributed by atoms with E-state index in [4.69, 9.17) is 5.26 Å². The topological polar surface area (TPSA) is 76.7 Å². The molecule has 0 spiro atoms. The maximum atomic E-state index is 12.1. The quantitative estimate of drug-likeness (QED) is 0.861. The standard InChI is InChI=1S/C14H13N3O/c15-9-11-3-5-12(6-4-11)17-13(18)14(10-16)7-1-2-8-14/h3-6H,1-2,7-8H2,(H,17,18). The van der Waals surface area contributed by atoms with Gasteiger partial charge in [-0.2, -0.15) is 10.5 Å². The summed E-state index contributed by atoms with van der Waals surface area (Å²) in [7, 11) is 0. The van der Waals surface area contributed by atoms with Crippen LogP contribution in [0.25, 0.3) is 0 Å². The normalized spacial score (nSPS) is 16.6. The van der Waals surface area contributed by atoms with Gasteiger partial charge in [-0.1, -0.05) is 12.8 Å². The molecule has 1 aromatic rings. The van der Waals surface area contributed by atoms with Crippen molar-refractivity contribution in [1.29, 1.82) is 10.5 Å². The fourth-order valence-electron chi connectivity index (χ4n) is 2.25. The number of nitrogens with zero attached hydrogens (tertiary/aromatic N) is 2. The average molecular weight is 239 g/mol. The van der Waals surface area contributed by atoms with Crippen LogP contribution >= 0.6 is 0 Å². The Bertz CT molecular complexity index is 528. The van der Waals surface area contributed by atoms with Gasteiger partial charge in [0.05, 0.1) is 17.7 Å². The van der Waals surface area contributed by atoms with Gasteiger partial charge >= 0.3 is 0 Å². The summed E-state index contributed by atoms with van der Waals surface area (Å²) < 4.78 is 0. The summed E-state index contributed by atoms with van der Waals surface area (Å²) >= 11 is 0. The van der Waals surface area contributed by atoms with Crippen LogP contribution in [0.2, 0.25) is 0 Å². The molecule has 0 bridgehead atoms. The third-order valence-electron chi connectivity index (χ3n) is 3.38. The second-order valence-electron chi connectivity index (χ2n) is 4.54. The third kappa shape index (κ3) is 2.19. The molecule has 1 aliphatic rings. The molecule has 4 nitrogen and oxygen atoms in total. The summed E-state index contributed by atoms with van der Waals surface area (Å²) in [6.07, 6.45) is 3.11. The second-order valence-corrected chi connectivity index (χ2v) is 4.54. The highest BCUT2D eigenvalue weighted by atomic mass is 16.2. The van der Waals surface area contributed by atoms with Gasteiger partial charge in [0.25, 0.3) is 0 Å². The Morgan fingerprint density at radius 3 is 2.28 bits per heavy atom. The number of hydrogen-bond donors (Lipinski definition) is 1. The Morgan fingerprint density at radius 2 is 1.78 bits per heavy atom. The molecule has 0 aromatic heterocycles. The molecular formula is C14H13N3O. The molecule has 0 aliphatic heterocycles. The van der Waals surface area contributed by atoms with Gasteiger partial charge in [0.15, 0.2) is 0 Å². The van der Waals surface area contributed by atoms with Gasteiger partial charge in [-0.3, -0.25) is 4.79 Å². The molecule has 1 fully saturated rings. The van der Waals surface area contributed by atoms with Crippen molar-refractivity contribution in [1.82, 2.24) is 0 Å². The van der Waals surface area contributed by atoms with Gasteiger partial charge in [0.1, 0.15) is 5.41 Å². The minimum absolute atomic E-state index is 0.229. The maximum absolute atomic E-state index is 12.1. The fourth-order valence-corrected chi connectivity index (χ4v) is 2.25. The molecule has 0 unspecified atom stereocenters. The summed E-state index contributed by atoms with van der Waals surface area (Å²) in [5.74, 6) is -0.229. The Kier molecular flexibility index (Phi) is 3.30. The zero-order valence-corrected chi connectivity index (χ0v) is 9.94. The van der Waals surface area contributed by atoms with Crippen molar-refractivity contribution in [2.75, 3.05) is 5.32 Å². The van der Waals surface area contributed by atoms with Crippen molar-refractivity contribution >= 4 is 11.6 Å². The smallest absolute Gasteiger partial charge is 0.244 e. The van der Waals surface area contributed by atoms with Gasteiger partial charge in [-0.25, -0.2) is 0 Å². The van der Waals surface area contributed by atoms with E-state index in [1.54, 1.807) is 24.3 Å². The molecule has 4 heteroatoms. The van der Waals surface area contributed by atoms with E-state index in [-0.39, 0.29) is 5.91 Å². The van der Waals surface area contributed by atoms with Crippen LogP contribution in [0.5, 0.6) is 0 Å². The van der Waals surface area contributed by atoms with Crippen LogP contribution in [0.4, 0.5) is 5.69 Å². The lowest BCUT2D eigenvalue weighted by atomic mass is 9.87. The number of carbonyl (C=O) groups excluding carboxylic acids is 1. The van der Waals surface area contributed by atoms with E-state index in [9.17, 15) is 10.1 Å². The molecule has 0 heterocycles. The molecular weight excluding hydrogens is 226 g/mol. The highest BCUT2D eigenvalue weighted by Gasteiger charge is 2.41. The Hall–Kier alpha value is -2.33. The van der Waals surface area contributed by atoms with Crippen molar-refractivity contribution < 1.29 is 4.79 Å². The second kappa shape index (κ2) is 4.89. The number of hydrogen-bond acceptors (Lipinski definition) is 3. The van der Waals surface area contributed by atoms with Crippen LogP contribution in [0.15, 0.2) is 24.3 Å². The monoisotopic (exact) mass is 239 g/mol. The summed E-state index contributed by atoms with van der Waals surface area (Å²) in [5.41, 5.74) is 0.304. The number of rotatable bonds is 2. The Morgan fingerprint density at radius 1 is 1.17 bits per heavy atom. The van der Waals surface area contributed by atoms with Gasteiger partial charge in [0, 0.05) is 5.69 Å². The highest BCUT2D eigenvalue weighted by Crippen LogP contribution is 2.38. The number of amides is 1. The SMILES string of the molecule is N#Cc1ccc(NC(=O)C2(C#N)CCCC2)cc1. The molecule has 2 rings (SSSR count). The molecule has 18 heavy (non-hydrogen) atoms. The lowest BCUT2D eigenvalue weighted by Gasteiger charge is -2.19. The highest BCUT2D eigenvalue weighted by molar-refractivity contribution is 5.97. The van der Waals surface area contributed by atoms with Crippen LogP contribution < -0.4 is 5.32 Å². The Labute approximate surface area is 106 Å². The molecule has 0 saturated heterocycles. The van der Waals surface area contributed by atoms with Crippen molar-refractivity contribution in [3.8, 4) is 12.1 Å². The van der Waals surface area contributed by atoms with Crippen LogP contribution in [-0.4, -0.2) is 5.91 Å².